The molecular formula is C6H10N2O4S. The minimum Gasteiger partial charge on any atom is -0.326 e. The minimum atomic E-state index is -3.08. The molecular weight excluding hydrogens is 196 g/mol. The van der Waals surface area contributed by atoms with Crippen molar-refractivity contribution in [1.29, 1.82) is 0 Å². The molecule has 0 spiro atoms. The normalized spacial score (nSPS) is 22.7. The molecule has 0 aromatic heterocycles. The number of hydrogen-bond acceptors (Lipinski definition) is 4. The van der Waals surface area contributed by atoms with Crippen LogP contribution in [0.15, 0.2) is 0 Å². The number of sulfone groups is 1. The van der Waals surface area contributed by atoms with Gasteiger partial charge in [0.2, 0.25) is 0 Å². The van der Waals surface area contributed by atoms with Crippen LogP contribution in [0.25, 0.3) is 0 Å². The molecule has 74 valence electrons. The van der Waals surface area contributed by atoms with Crippen molar-refractivity contribution in [2.45, 2.75) is 12.5 Å². The number of carbonyl (C=O) groups excluding carboxylic acids is 2. The van der Waals surface area contributed by atoms with Crippen molar-refractivity contribution in [2.24, 2.45) is 0 Å². The van der Waals surface area contributed by atoms with Crippen LogP contribution in [-0.2, 0) is 14.6 Å². The van der Waals surface area contributed by atoms with Crippen LogP contribution in [-0.4, -0.2) is 38.4 Å². The van der Waals surface area contributed by atoms with Crippen LogP contribution in [0.2, 0.25) is 0 Å². The summed E-state index contributed by atoms with van der Waals surface area (Å²) in [7, 11) is -3.08. The van der Waals surface area contributed by atoms with Gasteiger partial charge in [0.05, 0.1) is 5.75 Å². The zero-order chi connectivity index (χ0) is 10.1. The van der Waals surface area contributed by atoms with E-state index in [4.69, 9.17) is 0 Å². The summed E-state index contributed by atoms with van der Waals surface area (Å²) >= 11 is 0. The second-order valence-corrected chi connectivity index (χ2v) is 5.19. The maximum atomic E-state index is 10.9. The Hall–Kier alpha value is -1.11. The molecule has 1 fully saturated rings. The van der Waals surface area contributed by atoms with Gasteiger partial charge >= 0.3 is 6.03 Å². The van der Waals surface area contributed by atoms with Crippen molar-refractivity contribution in [3.05, 3.63) is 0 Å². The standard InChI is InChI=1S/C6H10N2O4S/c1-13(11,12)3-2-4-5(9)8-6(10)7-4/h4H,2-3H2,1H3,(H2,7,8,9,10)/t4-/m1/s1. The smallest absolute Gasteiger partial charge is 0.322 e. The molecule has 1 saturated heterocycles. The Morgan fingerprint density at radius 3 is 2.38 bits per heavy atom. The van der Waals surface area contributed by atoms with Gasteiger partial charge in [-0.25, -0.2) is 13.2 Å². The molecule has 0 bridgehead atoms. The molecule has 1 aliphatic rings. The van der Waals surface area contributed by atoms with Gasteiger partial charge in [-0.15, -0.1) is 0 Å². The summed E-state index contributed by atoms with van der Waals surface area (Å²) in [5.41, 5.74) is 0. The number of hydrogen-bond donors (Lipinski definition) is 2. The van der Waals surface area contributed by atoms with Gasteiger partial charge in [-0.05, 0) is 6.42 Å². The molecule has 0 unspecified atom stereocenters. The highest BCUT2D eigenvalue weighted by molar-refractivity contribution is 7.90. The molecule has 0 aliphatic carbocycles. The van der Waals surface area contributed by atoms with E-state index in [2.05, 4.69) is 5.32 Å². The van der Waals surface area contributed by atoms with Crippen LogP contribution in [0.3, 0.4) is 0 Å². The van der Waals surface area contributed by atoms with Gasteiger partial charge in [-0.3, -0.25) is 10.1 Å². The first-order valence-electron chi connectivity index (χ1n) is 3.67. The lowest BCUT2D eigenvalue weighted by Crippen LogP contribution is -2.30. The SMILES string of the molecule is CS(=O)(=O)CC[C@H]1NC(=O)NC1=O. The van der Waals surface area contributed by atoms with E-state index in [-0.39, 0.29) is 12.2 Å². The van der Waals surface area contributed by atoms with Crippen molar-refractivity contribution in [3.63, 3.8) is 0 Å². The highest BCUT2D eigenvalue weighted by atomic mass is 32.2. The summed E-state index contributed by atoms with van der Waals surface area (Å²) in [6.45, 7) is 0. The van der Waals surface area contributed by atoms with Gasteiger partial charge in [0.15, 0.2) is 0 Å². The maximum absolute atomic E-state index is 10.9. The zero-order valence-corrected chi connectivity index (χ0v) is 7.85. The summed E-state index contributed by atoms with van der Waals surface area (Å²) in [4.78, 5) is 21.5. The number of carbonyl (C=O) groups is 2. The van der Waals surface area contributed by atoms with E-state index in [1.807, 2.05) is 5.32 Å². The Balaban J connectivity index is 2.47. The lowest BCUT2D eigenvalue weighted by atomic mass is 10.2. The Labute approximate surface area is 75.6 Å². The van der Waals surface area contributed by atoms with Crippen molar-refractivity contribution in [2.75, 3.05) is 12.0 Å². The third-order valence-corrected chi connectivity index (χ3v) is 2.61. The molecule has 6 nitrogen and oxygen atoms in total. The topological polar surface area (TPSA) is 92.3 Å². The third kappa shape index (κ3) is 3.02. The third-order valence-electron chi connectivity index (χ3n) is 1.64. The van der Waals surface area contributed by atoms with Crippen LogP contribution in [0, 0.1) is 0 Å². The lowest BCUT2D eigenvalue weighted by molar-refractivity contribution is -0.120. The molecule has 1 atom stereocenters. The summed E-state index contributed by atoms with van der Waals surface area (Å²) in [5, 5.41) is 4.33. The molecule has 0 aromatic carbocycles. The van der Waals surface area contributed by atoms with E-state index in [9.17, 15) is 18.0 Å². The predicted molar refractivity (Wildman–Crippen MR) is 44.8 cm³/mol. The predicted octanol–water partition coefficient (Wildman–Crippen LogP) is -1.37. The van der Waals surface area contributed by atoms with E-state index >= 15 is 0 Å². The van der Waals surface area contributed by atoms with E-state index in [1.165, 1.54) is 0 Å². The van der Waals surface area contributed by atoms with Crippen LogP contribution in [0.4, 0.5) is 4.79 Å². The molecule has 1 rings (SSSR count). The Kier molecular flexibility index (Phi) is 2.55. The Morgan fingerprint density at radius 1 is 1.38 bits per heavy atom. The average Bonchev–Trinajstić information content (AvgIpc) is 2.24. The average molecular weight is 206 g/mol. The number of amides is 3. The molecule has 3 amide bonds. The fourth-order valence-electron chi connectivity index (χ4n) is 0.994. The quantitative estimate of drug-likeness (QED) is 0.557. The Bertz CT molecular complexity index is 335. The zero-order valence-electron chi connectivity index (χ0n) is 7.03. The van der Waals surface area contributed by atoms with Gasteiger partial charge in [-0.1, -0.05) is 0 Å². The second-order valence-electron chi connectivity index (χ2n) is 2.93. The molecule has 0 radical (unpaired) electrons. The van der Waals surface area contributed by atoms with E-state index in [0.717, 1.165) is 6.26 Å². The van der Waals surface area contributed by atoms with Gasteiger partial charge in [-0.2, -0.15) is 0 Å². The number of nitrogens with one attached hydrogen (secondary N) is 2. The minimum absolute atomic E-state index is 0.106. The number of imide groups is 1. The second kappa shape index (κ2) is 3.33. The molecule has 0 saturated carbocycles. The van der Waals surface area contributed by atoms with Crippen molar-refractivity contribution in [3.8, 4) is 0 Å². The first kappa shape index (κ1) is 9.97. The molecule has 1 heterocycles. The molecule has 7 heteroatoms. The van der Waals surface area contributed by atoms with Gasteiger partial charge in [0.1, 0.15) is 15.9 Å². The number of urea groups is 1. The fourth-order valence-corrected chi connectivity index (χ4v) is 1.66. The first-order chi connectivity index (χ1) is 5.88. The summed E-state index contributed by atoms with van der Waals surface area (Å²) in [5.74, 6) is -0.570. The van der Waals surface area contributed by atoms with E-state index in [1.54, 1.807) is 0 Å². The monoisotopic (exact) mass is 206 g/mol. The first-order valence-corrected chi connectivity index (χ1v) is 5.73. The van der Waals surface area contributed by atoms with Gasteiger partial charge in [0, 0.05) is 6.26 Å². The van der Waals surface area contributed by atoms with E-state index < -0.39 is 27.8 Å². The molecule has 2 N–H and O–H groups in total. The van der Waals surface area contributed by atoms with Crippen molar-refractivity contribution in [1.82, 2.24) is 10.6 Å². The van der Waals surface area contributed by atoms with Crippen LogP contribution < -0.4 is 10.6 Å². The molecule has 13 heavy (non-hydrogen) atoms. The van der Waals surface area contributed by atoms with Gasteiger partial charge < -0.3 is 5.32 Å². The Morgan fingerprint density at radius 2 is 2.00 bits per heavy atom. The maximum Gasteiger partial charge on any atom is 0.322 e. The lowest BCUT2D eigenvalue weighted by Gasteiger charge is -2.04. The van der Waals surface area contributed by atoms with Crippen LogP contribution >= 0.6 is 0 Å². The fraction of sp³-hybridized carbons (Fsp3) is 0.667. The van der Waals surface area contributed by atoms with Crippen LogP contribution in [0.1, 0.15) is 6.42 Å². The largest absolute Gasteiger partial charge is 0.326 e. The molecule has 0 aromatic rings. The van der Waals surface area contributed by atoms with Crippen LogP contribution in [0.5, 0.6) is 0 Å². The highest BCUT2D eigenvalue weighted by Gasteiger charge is 2.29. The van der Waals surface area contributed by atoms with Crippen molar-refractivity contribution >= 4 is 21.8 Å². The summed E-state index contributed by atoms with van der Waals surface area (Å²) < 4.78 is 21.5. The number of rotatable bonds is 3. The van der Waals surface area contributed by atoms with Crippen molar-refractivity contribution < 1.29 is 18.0 Å². The summed E-state index contributed by atoms with van der Waals surface area (Å²) in [6.07, 6.45) is 1.21. The summed E-state index contributed by atoms with van der Waals surface area (Å²) in [6, 6.07) is -1.27. The molecule has 1 aliphatic heterocycles. The highest BCUT2D eigenvalue weighted by Crippen LogP contribution is 2.00. The van der Waals surface area contributed by atoms with E-state index in [0.29, 0.717) is 0 Å². The van der Waals surface area contributed by atoms with Gasteiger partial charge in [0.25, 0.3) is 5.91 Å².